The van der Waals surface area contributed by atoms with Gasteiger partial charge in [0.25, 0.3) is 0 Å². The van der Waals surface area contributed by atoms with Crippen molar-refractivity contribution in [2.75, 3.05) is 0 Å². The van der Waals surface area contributed by atoms with E-state index in [-0.39, 0.29) is 11.2 Å². The molecular formula is C22H26FNO2. The van der Waals surface area contributed by atoms with Gasteiger partial charge in [-0.3, -0.25) is 0 Å². The van der Waals surface area contributed by atoms with Gasteiger partial charge in [-0.1, -0.05) is 52.0 Å². The first-order valence-electron chi connectivity index (χ1n) is 9.11. The van der Waals surface area contributed by atoms with Crippen molar-refractivity contribution in [3.63, 3.8) is 0 Å². The topological polar surface area (TPSA) is 49.3 Å². The van der Waals surface area contributed by atoms with Crippen LogP contribution in [0.1, 0.15) is 62.8 Å². The van der Waals surface area contributed by atoms with E-state index in [1.165, 1.54) is 11.6 Å². The van der Waals surface area contributed by atoms with Crippen molar-refractivity contribution in [3.05, 3.63) is 58.9 Å². The second kappa shape index (κ2) is 6.75. The van der Waals surface area contributed by atoms with Gasteiger partial charge in [0, 0.05) is 5.56 Å². The van der Waals surface area contributed by atoms with E-state index >= 15 is 0 Å². The van der Waals surface area contributed by atoms with E-state index in [2.05, 4.69) is 19.2 Å². The molecule has 4 heteroatoms. The highest BCUT2D eigenvalue weighted by molar-refractivity contribution is 5.68. The minimum Gasteiger partial charge on any atom is -0.465 e. The van der Waals surface area contributed by atoms with Gasteiger partial charge in [0.05, 0.1) is 6.04 Å². The van der Waals surface area contributed by atoms with Gasteiger partial charge in [0.2, 0.25) is 0 Å². The van der Waals surface area contributed by atoms with Crippen molar-refractivity contribution >= 4 is 6.09 Å². The second-order valence-corrected chi connectivity index (χ2v) is 8.18. The molecule has 2 N–H and O–H groups in total. The molecule has 3 nitrogen and oxygen atoms in total. The molecule has 26 heavy (non-hydrogen) atoms. The molecule has 0 unspecified atom stereocenters. The molecule has 0 saturated heterocycles. The highest BCUT2D eigenvalue weighted by Crippen LogP contribution is 2.45. The normalized spacial score (nSPS) is 18.5. The molecule has 0 aromatic heterocycles. The molecule has 1 amide bonds. The zero-order valence-electron chi connectivity index (χ0n) is 15.8. The summed E-state index contributed by atoms with van der Waals surface area (Å²) in [5.74, 6) is 0.124. The number of carboxylic acid groups (broad SMARTS) is 1. The zero-order chi connectivity index (χ0) is 19.1. The minimum absolute atomic E-state index is 0.252. The largest absolute Gasteiger partial charge is 0.465 e. The summed E-state index contributed by atoms with van der Waals surface area (Å²) in [5, 5.41) is 11.8. The van der Waals surface area contributed by atoms with Crippen LogP contribution in [0.25, 0.3) is 11.1 Å². The summed E-state index contributed by atoms with van der Waals surface area (Å²) in [5.41, 5.74) is 4.17. The second-order valence-electron chi connectivity index (χ2n) is 8.18. The van der Waals surface area contributed by atoms with Crippen molar-refractivity contribution in [3.8, 4) is 11.1 Å². The monoisotopic (exact) mass is 355 g/mol. The summed E-state index contributed by atoms with van der Waals surface area (Å²) in [6.07, 6.45) is 0.587. The number of nitrogens with one attached hydrogen (secondary N) is 1. The molecule has 138 valence electrons. The number of aryl methyl sites for hydroxylation is 1. The average molecular weight is 355 g/mol. The number of fused-ring (bicyclic) bond motifs is 1. The van der Waals surface area contributed by atoms with Gasteiger partial charge < -0.3 is 10.4 Å². The molecule has 2 aromatic carbocycles. The van der Waals surface area contributed by atoms with Crippen LogP contribution in [0, 0.1) is 11.2 Å². The Morgan fingerprint density at radius 2 is 1.88 bits per heavy atom. The summed E-state index contributed by atoms with van der Waals surface area (Å²) in [4.78, 5) is 11.2. The Morgan fingerprint density at radius 3 is 2.46 bits per heavy atom. The lowest BCUT2D eigenvalue weighted by Gasteiger charge is -2.40. The zero-order valence-corrected chi connectivity index (χ0v) is 15.8. The predicted molar refractivity (Wildman–Crippen MR) is 102 cm³/mol. The SMILES string of the molecule is CC(C)c1ccc(-c2cc3c(cc2F)[C@H](NC(=O)O)C(C)(C)CC3)cc1. The van der Waals surface area contributed by atoms with Gasteiger partial charge in [-0.2, -0.15) is 0 Å². The average Bonchev–Trinajstić information content (AvgIpc) is 2.57. The number of amides is 1. The van der Waals surface area contributed by atoms with Crippen LogP contribution < -0.4 is 5.32 Å². The molecule has 2 aromatic rings. The van der Waals surface area contributed by atoms with Gasteiger partial charge in [-0.15, -0.1) is 0 Å². The highest BCUT2D eigenvalue weighted by atomic mass is 19.1. The lowest BCUT2D eigenvalue weighted by atomic mass is 9.70. The molecule has 0 spiro atoms. The summed E-state index contributed by atoms with van der Waals surface area (Å²) in [6, 6.07) is 11.0. The molecule has 1 atom stereocenters. The van der Waals surface area contributed by atoms with Crippen LogP contribution in [-0.2, 0) is 6.42 Å². The molecule has 3 rings (SSSR count). The number of halogens is 1. The molecule has 0 fully saturated rings. The van der Waals surface area contributed by atoms with Gasteiger partial charge in [-0.05, 0) is 58.6 Å². The fourth-order valence-corrected chi connectivity index (χ4v) is 3.81. The maximum absolute atomic E-state index is 14.9. The van der Waals surface area contributed by atoms with Crippen LogP contribution in [0.4, 0.5) is 9.18 Å². The molecule has 1 aliphatic carbocycles. The van der Waals surface area contributed by atoms with Crippen molar-refractivity contribution in [2.24, 2.45) is 5.41 Å². The Balaban J connectivity index is 2.03. The Kier molecular flexibility index (Phi) is 4.78. The van der Waals surface area contributed by atoms with Gasteiger partial charge in [0.1, 0.15) is 5.82 Å². The van der Waals surface area contributed by atoms with Crippen LogP contribution in [-0.4, -0.2) is 11.2 Å². The molecule has 0 heterocycles. The molecule has 0 bridgehead atoms. The van der Waals surface area contributed by atoms with E-state index in [0.29, 0.717) is 11.5 Å². The number of benzene rings is 2. The first-order valence-corrected chi connectivity index (χ1v) is 9.11. The fraction of sp³-hybridized carbons (Fsp3) is 0.409. The third-order valence-electron chi connectivity index (χ3n) is 5.52. The molecule has 0 aliphatic heterocycles. The van der Waals surface area contributed by atoms with Crippen molar-refractivity contribution in [1.29, 1.82) is 0 Å². The Hall–Kier alpha value is -2.36. The van der Waals surface area contributed by atoms with Gasteiger partial charge in [-0.25, -0.2) is 9.18 Å². The number of hydrogen-bond acceptors (Lipinski definition) is 1. The summed E-state index contributed by atoms with van der Waals surface area (Å²) < 4.78 is 14.9. The van der Waals surface area contributed by atoms with E-state index < -0.39 is 12.1 Å². The molecule has 1 aliphatic rings. The Bertz CT molecular complexity index is 825. The van der Waals surface area contributed by atoms with Crippen LogP contribution in [0.5, 0.6) is 0 Å². The summed E-state index contributed by atoms with van der Waals surface area (Å²) in [7, 11) is 0. The quantitative estimate of drug-likeness (QED) is 0.720. The summed E-state index contributed by atoms with van der Waals surface area (Å²) in [6.45, 7) is 8.30. The lowest BCUT2D eigenvalue weighted by Crippen LogP contribution is -2.40. The Morgan fingerprint density at radius 1 is 1.23 bits per heavy atom. The third kappa shape index (κ3) is 3.46. The van der Waals surface area contributed by atoms with E-state index in [1.807, 2.05) is 44.2 Å². The predicted octanol–water partition coefficient (Wildman–Crippen LogP) is 5.90. The molecular weight excluding hydrogens is 329 g/mol. The van der Waals surface area contributed by atoms with E-state index in [1.54, 1.807) is 0 Å². The smallest absolute Gasteiger partial charge is 0.405 e. The van der Waals surface area contributed by atoms with Crippen LogP contribution in [0.2, 0.25) is 0 Å². The summed E-state index contributed by atoms with van der Waals surface area (Å²) >= 11 is 0. The standard InChI is InChI=1S/C22H26FNO2/c1-13(2)14-5-7-15(8-6-14)17-11-16-9-10-22(3,4)20(24-21(25)26)18(16)12-19(17)23/h5-8,11-13,20,24H,9-10H2,1-4H3,(H,25,26)/t20-/m0/s1. The third-order valence-corrected chi connectivity index (χ3v) is 5.52. The molecule has 0 saturated carbocycles. The van der Waals surface area contributed by atoms with Gasteiger partial charge >= 0.3 is 6.09 Å². The van der Waals surface area contributed by atoms with Crippen molar-refractivity contribution in [1.82, 2.24) is 5.32 Å². The highest BCUT2D eigenvalue weighted by Gasteiger charge is 2.37. The van der Waals surface area contributed by atoms with E-state index in [4.69, 9.17) is 0 Å². The maximum atomic E-state index is 14.9. The Labute approximate surface area is 154 Å². The fourth-order valence-electron chi connectivity index (χ4n) is 3.81. The molecule has 0 radical (unpaired) electrons. The first kappa shape index (κ1) is 18.4. The number of hydrogen-bond donors (Lipinski definition) is 2. The van der Waals surface area contributed by atoms with Crippen molar-refractivity contribution in [2.45, 2.75) is 52.5 Å². The van der Waals surface area contributed by atoms with Crippen LogP contribution in [0.15, 0.2) is 36.4 Å². The number of carbonyl (C=O) groups is 1. The minimum atomic E-state index is -1.08. The van der Waals surface area contributed by atoms with E-state index in [9.17, 15) is 14.3 Å². The lowest BCUT2D eigenvalue weighted by molar-refractivity contribution is 0.161. The van der Waals surface area contributed by atoms with Crippen LogP contribution in [0.3, 0.4) is 0 Å². The number of rotatable bonds is 3. The van der Waals surface area contributed by atoms with Crippen LogP contribution >= 0.6 is 0 Å². The van der Waals surface area contributed by atoms with Gasteiger partial charge in [0.15, 0.2) is 0 Å². The first-order chi connectivity index (χ1) is 12.2. The van der Waals surface area contributed by atoms with Crippen molar-refractivity contribution < 1.29 is 14.3 Å². The maximum Gasteiger partial charge on any atom is 0.405 e. The van der Waals surface area contributed by atoms with E-state index in [0.717, 1.165) is 29.5 Å².